The predicted octanol–water partition coefficient (Wildman–Crippen LogP) is 1.99. The Kier molecular flexibility index (Phi) is 4.09. The number of aryl methyl sites for hydroxylation is 1. The quantitative estimate of drug-likeness (QED) is 0.729. The monoisotopic (exact) mass is 210 g/mol. The van der Waals surface area contributed by atoms with Gasteiger partial charge in [0.1, 0.15) is 17.8 Å². The molecule has 4 nitrogen and oxygen atoms in total. The second kappa shape index (κ2) is 5.34. The van der Waals surface area contributed by atoms with Gasteiger partial charge >= 0.3 is 5.97 Å². The number of aldehydes is 1. The number of aliphatic carboxylic acids is 1. The number of furan rings is 1. The minimum atomic E-state index is -0.839. The third kappa shape index (κ3) is 3.58. The second-order valence-electron chi connectivity index (χ2n) is 3.50. The van der Waals surface area contributed by atoms with Gasteiger partial charge in [-0.05, 0) is 12.1 Å². The van der Waals surface area contributed by atoms with E-state index in [1.165, 1.54) is 0 Å². The second-order valence-corrected chi connectivity index (χ2v) is 3.50. The Morgan fingerprint density at radius 3 is 2.93 bits per heavy atom. The van der Waals surface area contributed by atoms with Gasteiger partial charge < -0.3 is 14.3 Å². The Hall–Kier alpha value is -1.58. The Morgan fingerprint density at radius 2 is 2.33 bits per heavy atom. The predicted molar refractivity (Wildman–Crippen MR) is 53.8 cm³/mol. The highest BCUT2D eigenvalue weighted by atomic mass is 16.4. The molecule has 0 aliphatic carbocycles. The van der Waals surface area contributed by atoms with Gasteiger partial charge in [0.15, 0.2) is 0 Å². The van der Waals surface area contributed by atoms with E-state index in [0.717, 1.165) is 12.0 Å². The van der Waals surface area contributed by atoms with Gasteiger partial charge in [0.25, 0.3) is 0 Å². The molecule has 82 valence electrons. The number of carboxylic acid groups (broad SMARTS) is 1. The third-order valence-corrected chi connectivity index (χ3v) is 2.20. The third-order valence-electron chi connectivity index (χ3n) is 2.20. The highest BCUT2D eigenvalue weighted by Gasteiger charge is 2.10. The summed E-state index contributed by atoms with van der Waals surface area (Å²) in [6.07, 6.45) is 1.73. The topological polar surface area (TPSA) is 67.5 Å². The normalized spacial score (nSPS) is 12.3. The van der Waals surface area contributed by atoms with Crippen LogP contribution in [0.5, 0.6) is 0 Å². The average Bonchev–Trinajstić information content (AvgIpc) is 2.63. The molecule has 1 N–H and O–H groups in total. The molecule has 0 saturated carbocycles. The van der Waals surface area contributed by atoms with E-state index >= 15 is 0 Å². The van der Waals surface area contributed by atoms with Crippen LogP contribution in [-0.2, 0) is 16.0 Å². The zero-order chi connectivity index (χ0) is 11.3. The van der Waals surface area contributed by atoms with Crippen molar-refractivity contribution in [2.24, 2.45) is 0 Å². The first-order chi connectivity index (χ1) is 7.13. The zero-order valence-electron chi connectivity index (χ0n) is 8.60. The molecule has 1 rings (SSSR count). The number of rotatable bonds is 6. The average molecular weight is 210 g/mol. The SMILES string of the molecule is CC(CC=O)c1ccc(CCC(=O)O)o1. The number of hydrogen-bond donors (Lipinski definition) is 1. The van der Waals surface area contributed by atoms with Gasteiger partial charge in [0, 0.05) is 18.8 Å². The van der Waals surface area contributed by atoms with Crippen LogP contribution in [-0.4, -0.2) is 17.4 Å². The summed E-state index contributed by atoms with van der Waals surface area (Å²) in [5.41, 5.74) is 0. The molecule has 0 fully saturated rings. The van der Waals surface area contributed by atoms with Crippen LogP contribution in [0.25, 0.3) is 0 Å². The van der Waals surface area contributed by atoms with Crippen LogP contribution in [0.4, 0.5) is 0 Å². The van der Waals surface area contributed by atoms with Crippen molar-refractivity contribution in [2.75, 3.05) is 0 Å². The molecule has 0 amide bonds. The van der Waals surface area contributed by atoms with Crippen LogP contribution >= 0.6 is 0 Å². The van der Waals surface area contributed by atoms with Gasteiger partial charge in [-0.3, -0.25) is 4.79 Å². The molecule has 0 aliphatic rings. The molecule has 15 heavy (non-hydrogen) atoms. The first kappa shape index (κ1) is 11.5. The Bertz CT molecular complexity index is 340. The molecular weight excluding hydrogens is 196 g/mol. The van der Waals surface area contributed by atoms with E-state index in [-0.39, 0.29) is 12.3 Å². The maximum absolute atomic E-state index is 10.3. The van der Waals surface area contributed by atoms with Gasteiger partial charge in [0.2, 0.25) is 0 Å². The smallest absolute Gasteiger partial charge is 0.303 e. The van der Waals surface area contributed by atoms with E-state index in [2.05, 4.69) is 0 Å². The lowest BCUT2D eigenvalue weighted by atomic mass is 10.1. The first-order valence-corrected chi connectivity index (χ1v) is 4.87. The number of carboxylic acids is 1. The fourth-order valence-electron chi connectivity index (χ4n) is 1.28. The molecule has 0 aliphatic heterocycles. The lowest BCUT2D eigenvalue weighted by Gasteiger charge is -2.02. The minimum Gasteiger partial charge on any atom is -0.481 e. The summed E-state index contributed by atoms with van der Waals surface area (Å²) in [4.78, 5) is 20.6. The van der Waals surface area contributed by atoms with E-state index in [1.807, 2.05) is 6.92 Å². The summed E-state index contributed by atoms with van der Waals surface area (Å²) in [5, 5.41) is 8.49. The summed E-state index contributed by atoms with van der Waals surface area (Å²) in [7, 11) is 0. The van der Waals surface area contributed by atoms with Crippen molar-refractivity contribution in [1.82, 2.24) is 0 Å². The summed E-state index contributed by atoms with van der Waals surface area (Å²) in [5.74, 6) is 0.614. The number of carbonyl (C=O) groups excluding carboxylic acids is 1. The van der Waals surface area contributed by atoms with Crippen LogP contribution < -0.4 is 0 Å². The van der Waals surface area contributed by atoms with E-state index in [0.29, 0.717) is 18.6 Å². The fraction of sp³-hybridized carbons (Fsp3) is 0.455. The zero-order valence-corrected chi connectivity index (χ0v) is 8.60. The standard InChI is InChI=1S/C11H14O4/c1-8(6-7-12)10-4-2-9(15-10)3-5-11(13)14/h2,4,7-8H,3,5-6H2,1H3,(H,13,14). The number of carbonyl (C=O) groups is 2. The van der Waals surface area contributed by atoms with Crippen LogP contribution in [0.15, 0.2) is 16.5 Å². The van der Waals surface area contributed by atoms with E-state index < -0.39 is 5.97 Å². The van der Waals surface area contributed by atoms with Crippen molar-refractivity contribution in [3.8, 4) is 0 Å². The molecule has 0 aromatic carbocycles. The van der Waals surface area contributed by atoms with E-state index in [9.17, 15) is 9.59 Å². The van der Waals surface area contributed by atoms with E-state index in [4.69, 9.17) is 9.52 Å². The Balaban J connectivity index is 2.55. The highest BCUT2D eigenvalue weighted by Crippen LogP contribution is 2.21. The van der Waals surface area contributed by atoms with Crippen molar-refractivity contribution >= 4 is 12.3 Å². The maximum atomic E-state index is 10.3. The Morgan fingerprint density at radius 1 is 1.60 bits per heavy atom. The molecule has 0 saturated heterocycles. The van der Waals surface area contributed by atoms with Gasteiger partial charge in [-0.2, -0.15) is 0 Å². The van der Waals surface area contributed by atoms with Crippen molar-refractivity contribution in [1.29, 1.82) is 0 Å². The molecule has 0 radical (unpaired) electrons. The minimum absolute atomic E-state index is 0.0566. The fourth-order valence-corrected chi connectivity index (χ4v) is 1.28. The molecular formula is C11H14O4. The van der Waals surface area contributed by atoms with Gasteiger partial charge in [-0.1, -0.05) is 6.92 Å². The molecule has 1 aromatic rings. The summed E-state index contributed by atoms with van der Waals surface area (Å²) in [6, 6.07) is 3.56. The van der Waals surface area contributed by atoms with Crippen molar-refractivity contribution in [3.05, 3.63) is 23.7 Å². The summed E-state index contributed by atoms with van der Waals surface area (Å²) >= 11 is 0. The number of hydrogen-bond acceptors (Lipinski definition) is 3. The van der Waals surface area contributed by atoms with Crippen molar-refractivity contribution in [3.63, 3.8) is 0 Å². The molecule has 4 heteroatoms. The van der Waals surface area contributed by atoms with Gasteiger partial charge in [-0.25, -0.2) is 0 Å². The molecule has 0 spiro atoms. The molecule has 1 unspecified atom stereocenters. The largest absolute Gasteiger partial charge is 0.481 e. The van der Waals surface area contributed by atoms with Crippen LogP contribution in [0.1, 0.15) is 37.2 Å². The van der Waals surface area contributed by atoms with Gasteiger partial charge in [0.05, 0.1) is 6.42 Å². The van der Waals surface area contributed by atoms with Gasteiger partial charge in [-0.15, -0.1) is 0 Å². The highest BCUT2D eigenvalue weighted by molar-refractivity contribution is 5.66. The summed E-state index contributed by atoms with van der Waals surface area (Å²) in [6.45, 7) is 1.90. The van der Waals surface area contributed by atoms with E-state index in [1.54, 1.807) is 12.1 Å². The van der Waals surface area contributed by atoms with Crippen molar-refractivity contribution < 1.29 is 19.1 Å². The lowest BCUT2D eigenvalue weighted by Crippen LogP contribution is -1.96. The van der Waals surface area contributed by atoms with Crippen molar-refractivity contribution in [2.45, 2.75) is 32.1 Å². The molecule has 1 aromatic heterocycles. The first-order valence-electron chi connectivity index (χ1n) is 4.87. The molecule has 1 heterocycles. The maximum Gasteiger partial charge on any atom is 0.303 e. The van der Waals surface area contributed by atoms with Crippen LogP contribution in [0.2, 0.25) is 0 Å². The Labute approximate surface area is 87.9 Å². The molecule has 1 atom stereocenters. The van der Waals surface area contributed by atoms with Crippen LogP contribution in [0, 0.1) is 0 Å². The summed E-state index contributed by atoms with van der Waals surface area (Å²) < 4.78 is 5.43. The van der Waals surface area contributed by atoms with Crippen LogP contribution in [0.3, 0.4) is 0 Å². The lowest BCUT2D eigenvalue weighted by molar-refractivity contribution is -0.137. The molecule has 0 bridgehead atoms.